The lowest BCUT2D eigenvalue weighted by atomic mass is 9.75. The Bertz CT molecular complexity index is 267. The maximum atomic E-state index is 10.6. The molecule has 0 bridgehead atoms. The lowest BCUT2D eigenvalue weighted by Crippen LogP contribution is -2.36. The van der Waals surface area contributed by atoms with Crippen molar-refractivity contribution in [3.63, 3.8) is 0 Å². The second-order valence-electron chi connectivity index (χ2n) is 4.29. The Morgan fingerprint density at radius 3 is 2.00 bits per heavy atom. The Labute approximate surface area is 86.8 Å². The van der Waals surface area contributed by atoms with Crippen molar-refractivity contribution < 1.29 is 5.11 Å². The lowest BCUT2D eigenvalue weighted by Gasteiger charge is -2.36. The molecule has 1 unspecified atom stereocenters. The molecule has 0 saturated heterocycles. The Morgan fingerprint density at radius 1 is 1.14 bits per heavy atom. The van der Waals surface area contributed by atoms with Gasteiger partial charge in [-0.05, 0) is 11.5 Å². The minimum Gasteiger partial charge on any atom is -0.384 e. The zero-order valence-corrected chi connectivity index (χ0v) is 9.41. The summed E-state index contributed by atoms with van der Waals surface area (Å²) in [6.45, 7) is 8.04. The minimum absolute atomic E-state index is 0.190. The zero-order chi connectivity index (χ0) is 10.8. The smallest absolute Gasteiger partial charge is 0.0976 e. The summed E-state index contributed by atoms with van der Waals surface area (Å²) in [5.74, 6) is 1.23. The van der Waals surface area contributed by atoms with Crippen LogP contribution in [0.5, 0.6) is 0 Å². The van der Waals surface area contributed by atoms with Gasteiger partial charge in [0.15, 0.2) is 0 Å². The summed E-state index contributed by atoms with van der Waals surface area (Å²) in [6, 6.07) is 9.85. The molecule has 1 aromatic carbocycles. The van der Waals surface area contributed by atoms with Crippen LogP contribution in [0, 0.1) is 11.8 Å². The molecular formula is C13H19O. The molecule has 0 fully saturated rings. The van der Waals surface area contributed by atoms with Gasteiger partial charge in [-0.1, -0.05) is 58.0 Å². The molecule has 0 aliphatic heterocycles. The number of benzene rings is 1. The largest absolute Gasteiger partial charge is 0.384 e. The fourth-order valence-electron chi connectivity index (χ4n) is 1.89. The summed E-state index contributed by atoms with van der Waals surface area (Å²) in [6.07, 6.45) is 0. The number of hydrogen-bond acceptors (Lipinski definition) is 1. The van der Waals surface area contributed by atoms with E-state index in [4.69, 9.17) is 0 Å². The molecule has 0 aliphatic rings. The molecule has 1 aromatic rings. The summed E-state index contributed by atoms with van der Waals surface area (Å²) in [5.41, 5.74) is 0.191. The molecule has 0 aliphatic carbocycles. The first-order chi connectivity index (χ1) is 6.49. The Balaban J connectivity index is 3.13. The third kappa shape index (κ3) is 1.83. The van der Waals surface area contributed by atoms with Gasteiger partial charge in [0.2, 0.25) is 0 Å². The average Bonchev–Trinajstić information content (AvgIpc) is 2.17. The van der Waals surface area contributed by atoms with Gasteiger partial charge in [-0.2, -0.15) is 0 Å². The normalized spacial score (nSPS) is 12.5. The molecule has 1 rings (SSSR count). The lowest BCUT2D eigenvalue weighted by molar-refractivity contribution is 0.00592. The Morgan fingerprint density at radius 2 is 1.64 bits per heavy atom. The predicted octanol–water partition coefficient (Wildman–Crippen LogP) is 3.14. The van der Waals surface area contributed by atoms with E-state index in [0.29, 0.717) is 0 Å². The second kappa shape index (κ2) is 4.14. The third-order valence-electron chi connectivity index (χ3n) is 2.81. The molecule has 0 amide bonds. The van der Waals surface area contributed by atoms with E-state index in [9.17, 15) is 5.11 Å². The SMILES string of the molecule is C[C](C)C(O)(c1ccccc1)C(C)C. The highest BCUT2D eigenvalue weighted by molar-refractivity contribution is 5.28. The molecule has 0 spiro atoms. The highest BCUT2D eigenvalue weighted by Crippen LogP contribution is 2.37. The van der Waals surface area contributed by atoms with Crippen LogP contribution in [-0.4, -0.2) is 5.11 Å². The molecule has 1 heteroatoms. The maximum absolute atomic E-state index is 10.6. The molecule has 77 valence electrons. The second-order valence-corrected chi connectivity index (χ2v) is 4.29. The van der Waals surface area contributed by atoms with Gasteiger partial charge in [0, 0.05) is 5.92 Å². The topological polar surface area (TPSA) is 20.2 Å². The van der Waals surface area contributed by atoms with Crippen molar-refractivity contribution in [3.8, 4) is 0 Å². The summed E-state index contributed by atoms with van der Waals surface area (Å²) >= 11 is 0. The average molecular weight is 191 g/mol. The van der Waals surface area contributed by atoms with Gasteiger partial charge in [-0.3, -0.25) is 0 Å². The quantitative estimate of drug-likeness (QED) is 0.778. The molecule has 1 atom stereocenters. The van der Waals surface area contributed by atoms with Crippen molar-refractivity contribution in [2.45, 2.75) is 33.3 Å². The van der Waals surface area contributed by atoms with Crippen LogP contribution in [0.3, 0.4) is 0 Å². The van der Waals surface area contributed by atoms with Crippen molar-refractivity contribution in [3.05, 3.63) is 41.8 Å². The van der Waals surface area contributed by atoms with Crippen LogP contribution in [0.25, 0.3) is 0 Å². The number of hydrogen-bond donors (Lipinski definition) is 1. The first kappa shape index (κ1) is 11.3. The van der Waals surface area contributed by atoms with Crippen molar-refractivity contribution in [1.29, 1.82) is 0 Å². The van der Waals surface area contributed by atoms with Gasteiger partial charge >= 0.3 is 0 Å². The van der Waals surface area contributed by atoms with Crippen LogP contribution in [0.2, 0.25) is 0 Å². The molecule has 1 radical (unpaired) electrons. The van der Waals surface area contributed by atoms with Crippen LogP contribution in [0.1, 0.15) is 33.3 Å². The minimum atomic E-state index is -0.790. The van der Waals surface area contributed by atoms with Crippen molar-refractivity contribution in [2.24, 2.45) is 5.92 Å². The van der Waals surface area contributed by atoms with Gasteiger partial charge in [-0.25, -0.2) is 0 Å². The van der Waals surface area contributed by atoms with E-state index < -0.39 is 5.60 Å². The Hall–Kier alpha value is -0.820. The van der Waals surface area contributed by atoms with Crippen LogP contribution < -0.4 is 0 Å². The molecule has 1 N–H and O–H groups in total. The number of aliphatic hydroxyl groups is 1. The summed E-state index contributed by atoms with van der Waals surface area (Å²) in [5, 5.41) is 10.6. The summed E-state index contributed by atoms with van der Waals surface area (Å²) in [7, 11) is 0. The van der Waals surface area contributed by atoms with Crippen LogP contribution >= 0.6 is 0 Å². The first-order valence-corrected chi connectivity index (χ1v) is 5.08. The molecule has 0 saturated carbocycles. The van der Waals surface area contributed by atoms with E-state index in [1.807, 2.05) is 58.0 Å². The standard InChI is InChI=1S/C13H19O/c1-10(2)13(14,11(3)4)12-8-6-5-7-9-12/h5-10,14H,1-4H3. The molecular weight excluding hydrogens is 172 g/mol. The highest BCUT2D eigenvalue weighted by atomic mass is 16.3. The molecule has 0 heterocycles. The van der Waals surface area contributed by atoms with Crippen LogP contribution in [0.4, 0.5) is 0 Å². The van der Waals surface area contributed by atoms with Gasteiger partial charge in [0.25, 0.3) is 0 Å². The molecule has 1 nitrogen and oxygen atoms in total. The first-order valence-electron chi connectivity index (χ1n) is 5.08. The van der Waals surface area contributed by atoms with Crippen molar-refractivity contribution >= 4 is 0 Å². The zero-order valence-electron chi connectivity index (χ0n) is 9.41. The van der Waals surface area contributed by atoms with Crippen LogP contribution in [-0.2, 0) is 5.60 Å². The van der Waals surface area contributed by atoms with E-state index in [1.165, 1.54) is 0 Å². The number of rotatable bonds is 3. The maximum Gasteiger partial charge on any atom is 0.0976 e. The van der Waals surface area contributed by atoms with Crippen molar-refractivity contribution in [2.75, 3.05) is 0 Å². The fourth-order valence-corrected chi connectivity index (χ4v) is 1.89. The fraction of sp³-hybridized carbons (Fsp3) is 0.462. The van der Waals surface area contributed by atoms with Gasteiger partial charge in [0.05, 0.1) is 5.60 Å². The van der Waals surface area contributed by atoms with E-state index in [2.05, 4.69) is 0 Å². The summed E-state index contributed by atoms with van der Waals surface area (Å²) in [4.78, 5) is 0. The van der Waals surface area contributed by atoms with Gasteiger partial charge in [0.1, 0.15) is 0 Å². The van der Waals surface area contributed by atoms with E-state index in [-0.39, 0.29) is 5.92 Å². The monoisotopic (exact) mass is 191 g/mol. The molecule has 0 aromatic heterocycles. The predicted molar refractivity (Wildman–Crippen MR) is 59.8 cm³/mol. The van der Waals surface area contributed by atoms with Gasteiger partial charge in [-0.15, -0.1) is 0 Å². The van der Waals surface area contributed by atoms with Crippen LogP contribution in [0.15, 0.2) is 30.3 Å². The van der Waals surface area contributed by atoms with Gasteiger partial charge < -0.3 is 5.11 Å². The van der Waals surface area contributed by atoms with E-state index in [1.54, 1.807) is 0 Å². The highest BCUT2D eigenvalue weighted by Gasteiger charge is 2.36. The third-order valence-corrected chi connectivity index (χ3v) is 2.81. The Kier molecular flexibility index (Phi) is 3.33. The molecule has 14 heavy (non-hydrogen) atoms. The summed E-state index contributed by atoms with van der Waals surface area (Å²) < 4.78 is 0. The van der Waals surface area contributed by atoms with Crippen molar-refractivity contribution in [1.82, 2.24) is 0 Å². The van der Waals surface area contributed by atoms with E-state index in [0.717, 1.165) is 11.5 Å². The van der Waals surface area contributed by atoms with E-state index >= 15 is 0 Å².